The van der Waals surface area contributed by atoms with Gasteiger partial charge in [0.2, 0.25) is 0 Å². The summed E-state index contributed by atoms with van der Waals surface area (Å²) in [6.45, 7) is 4.10. The van der Waals surface area contributed by atoms with Crippen LogP contribution in [0.4, 0.5) is 4.39 Å². The first-order chi connectivity index (χ1) is 16.0. The van der Waals surface area contributed by atoms with Crippen LogP contribution in [0.25, 0.3) is 5.76 Å². The Bertz CT molecular complexity index is 1050. The van der Waals surface area contributed by atoms with Crippen LogP contribution in [0.15, 0.2) is 48.3 Å². The van der Waals surface area contributed by atoms with E-state index in [-0.39, 0.29) is 16.9 Å². The van der Waals surface area contributed by atoms with E-state index in [0.29, 0.717) is 31.7 Å². The van der Waals surface area contributed by atoms with Crippen molar-refractivity contribution in [1.82, 2.24) is 14.8 Å². The summed E-state index contributed by atoms with van der Waals surface area (Å²) in [6, 6.07) is 6.54. The van der Waals surface area contributed by atoms with Gasteiger partial charge in [0.1, 0.15) is 5.76 Å². The summed E-state index contributed by atoms with van der Waals surface area (Å²) in [7, 11) is 1.34. The number of hydrogen-bond acceptors (Lipinski definition) is 7. The lowest BCUT2D eigenvalue weighted by Crippen LogP contribution is -2.39. The molecular weight excluding hydrogens is 429 g/mol. The molecule has 0 saturated carbocycles. The highest BCUT2D eigenvalue weighted by molar-refractivity contribution is 6.46. The van der Waals surface area contributed by atoms with Crippen LogP contribution < -0.4 is 4.74 Å². The van der Waals surface area contributed by atoms with Crippen molar-refractivity contribution in [2.45, 2.75) is 12.5 Å². The summed E-state index contributed by atoms with van der Waals surface area (Å²) in [5.74, 6) is -2.59. The van der Waals surface area contributed by atoms with E-state index >= 15 is 0 Å². The van der Waals surface area contributed by atoms with Gasteiger partial charge in [-0.15, -0.1) is 0 Å². The Hall–Kier alpha value is -3.30. The number of ketones is 1. The first-order valence-electron chi connectivity index (χ1n) is 10.8. The highest BCUT2D eigenvalue weighted by Crippen LogP contribution is 2.39. The van der Waals surface area contributed by atoms with E-state index in [1.54, 1.807) is 24.5 Å². The topological polar surface area (TPSA) is 92.2 Å². The van der Waals surface area contributed by atoms with Crippen molar-refractivity contribution in [3.63, 3.8) is 0 Å². The molecule has 1 aromatic carbocycles. The summed E-state index contributed by atoms with van der Waals surface area (Å²) in [6.07, 6.45) is 3.81. The summed E-state index contributed by atoms with van der Waals surface area (Å²) >= 11 is 0. The van der Waals surface area contributed by atoms with Gasteiger partial charge in [0.05, 0.1) is 31.9 Å². The van der Waals surface area contributed by atoms with Crippen LogP contribution in [-0.4, -0.2) is 78.1 Å². The largest absolute Gasteiger partial charge is 0.507 e. The fourth-order valence-electron chi connectivity index (χ4n) is 4.25. The molecule has 0 aliphatic carbocycles. The lowest BCUT2D eigenvalue weighted by molar-refractivity contribution is -0.140. The molecule has 2 fully saturated rings. The number of aliphatic hydroxyl groups is 1. The second kappa shape index (κ2) is 10.1. The average molecular weight is 455 g/mol. The molecule has 1 atom stereocenters. The minimum absolute atomic E-state index is 0.0129. The molecule has 174 valence electrons. The summed E-state index contributed by atoms with van der Waals surface area (Å²) in [5.41, 5.74) is 0.607. The van der Waals surface area contributed by atoms with E-state index in [9.17, 15) is 19.1 Å². The van der Waals surface area contributed by atoms with Crippen molar-refractivity contribution in [3.8, 4) is 5.75 Å². The van der Waals surface area contributed by atoms with Crippen molar-refractivity contribution in [2.75, 3.05) is 46.5 Å². The average Bonchev–Trinajstić information content (AvgIpc) is 3.10. The number of aliphatic hydroxyl groups excluding tert-OH is 1. The number of halogens is 1. The third kappa shape index (κ3) is 4.74. The molecule has 2 aliphatic heterocycles. The monoisotopic (exact) mass is 455 g/mol. The van der Waals surface area contributed by atoms with Gasteiger partial charge >= 0.3 is 0 Å². The zero-order chi connectivity index (χ0) is 23.4. The molecule has 9 heteroatoms. The molecule has 3 heterocycles. The van der Waals surface area contributed by atoms with E-state index in [4.69, 9.17) is 9.47 Å². The van der Waals surface area contributed by atoms with Gasteiger partial charge in [-0.3, -0.25) is 19.5 Å². The number of aromatic nitrogens is 1. The Kier molecular flexibility index (Phi) is 7.00. The standard InChI is InChI=1S/C24H26FN3O5/c1-32-19-6-5-16(14-18(19)25)22(29)20-21(17-4-2-7-26-15-17)28(24(31)23(20)30)9-3-8-27-10-12-33-13-11-27/h2,4-7,14-15,21,29H,3,8-13H2,1H3/t21-/m1/s1. The molecule has 2 aromatic rings. The Morgan fingerprint density at radius 1 is 1.24 bits per heavy atom. The van der Waals surface area contributed by atoms with Gasteiger partial charge in [0.15, 0.2) is 11.6 Å². The van der Waals surface area contributed by atoms with E-state index in [1.165, 1.54) is 24.1 Å². The zero-order valence-electron chi connectivity index (χ0n) is 18.4. The summed E-state index contributed by atoms with van der Waals surface area (Å²) in [4.78, 5) is 33.8. The molecule has 2 saturated heterocycles. The predicted molar refractivity (Wildman–Crippen MR) is 118 cm³/mol. The lowest BCUT2D eigenvalue weighted by Gasteiger charge is -2.29. The van der Waals surface area contributed by atoms with Crippen LogP contribution >= 0.6 is 0 Å². The molecule has 1 aromatic heterocycles. The van der Waals surface area contributed by atoms with Gasteiger partial charge in [-0.1, -0.05) is 6.07 Å². The highest BCUT2D eigenvalue weighted by Gasteiger charge is 2.46. The number of pyridine rings is 1. The zero-order valence-corrected chi connectivity index (χ0v) is 18.4. The van der Waals surface area contributed by atoms with E-state index < -0.39 is 29.3 Å². The van der Waals surface area contributed by atoms with Crippen LogP contribution in [0.5, 0.6) is 5.75 Å². The van der Waals surface area contributed by atoms with Crippen LogP contribution in [0.2, 0.25) is 0 Å². The smallest absolute Gasteiger partial charge is 0.295 e. The minimum atomic E-state index is -0.812. The van der Waals surface area contributed by atoms with E-state index in [0.717, 1.165) is 25.7 Å². The number of Topliss-reactive ketones (excluding diaryl/α,β-unsaturated/α-hetero) is 1. The Labute approximate surface area is 191 Å². The molecule has 1 N–H and O–H groups in total. The third-order valence-corrected chi connectivity index (χ3v) is 5.94. The number of rotatable bonds is 7. The first kappa shape index (κ1) is 22.9. The molecule has 4 rings (SSSR count). The maximum Gasteiger partial charge on any atom is 0.295 e. The van der Waals surface area contributed by atoms with Crippen molar-refractivity contribution in [2.24, 2.45) is 0 Å². The second-order valence-electron chi connectivity index (χ2n) is 7.94. The molecule has 2 aliphatic rings. The van der Waals surface area contributed by atoms with Gasteiger partial charge in [0.25, 0.3) is 11.7 Å². The van der Waals surface area contributed by atoms with Crippen molar-refractivity contribution in [3.05, 3.63) is 65.2 Å². The number of amides is 1. The summed E-state index contributed by atoms with van der Waals surface area (Å²) < 4.78 is 24.6. The molecule has 0 bridgehead atoms. The summed E-state index contributed by atoms with van der Waals surface area (Å²) in [5, 5.41) is 11.0. The SMILES string of the molecule is COc1ccc(C(O)=C2C(=O)C(=O)N(CCCN3CCOCC3)[C@@H]2c2cccnc2)cc1F. The number of ether oxygens (including phenoxy) is 2. The quantitative estimate of drug-likeness (QED) is 0.389. The molecule has 1 amide bonds. The Morgan fingerprint density at radius 3 is 2.70 bits per heavy atom. The number of carbonyl (C=O) groups excluding carboxylic acids is 2. The fourth-order valence-corrected chi connectivity index (χ4v) is 4.25. The van der Waals surface area contributed by atoms with Crippen LogP contribution in [0, 0.1) is 5.82 Å². The normalized spacial score (nSPS) is 20.9. The number of likely N-dealkylation sites (tertiary alicyclic amines) is 1. The van der Waals surface area contributed by atoms with Crippen molar-refractivity contribution < 1.29 is 28.6 Å². The van der Waals surface area contributed by atoms with Crippen LogP contribution in [-0.2, 0) is 14.3 Å². The molecule has 0 radical (unpaired) electrons. The van der Waals surface area contributed by atoms with Crippen molar-refractivity contribution >= 4 is 17.4 Å². The van der Waals surface area contributed by atoms with E-state index in [2.05, 4.69) is 9.88 Å². The maximum absolute atomic E-state index is 14.3. The van der Waals surface area contributed by atoms with Gasteiger partial charge < -0.3 is 19.5 Å². The number of benzene rings is 1. The molecule has 8 nitrogen and oxygen atoms in total. The number of carbonyl (C=O) groups is 2. The molecule has 0 unspecified atom stereocenters. The van der Waals surface area contributed by atoms with Gasteiger partial charge in [-0.2, -0.15) is 0 Å². The number of methoxy groups -OCH3 is 1. The molecular formula is C24H26FN3O5. The third-order valence-electron chi connectivity index (χ3n) is 5.94. The van der Waals surface area contributed by atoms with E-state index in [1.807, 2.05) is 0 Å². The lowest BCUT2D eigenvalue weighted by atomic mass is 9.96. The number of nitrogens with zero attached hydrogens (tertiary/aromatic N) is 3. The first-order valence-corrected chi connectivity index (χ1v) is 10.8. The second-order valence-corrected chi connectivity index (χ2v) is 7.94. The maximum atomic E-state index is 14.3. The van der Waals surface area contributed by atoms with Crippen LogP contribution in [0.1, 0.15) is 23.6 Å². The minimum Gasteiger partial charge on any atom is -0.507 e. The number of morpholine rings is 1. The fraction of sp³-hybridized carbons (Fsp3) is 0.375. The number of hydrogen-bond donors (Lipinski definition) is 1. The van der Waals surface area contributed by atoms with Crippen molar-refractivity contribution in [1.29, 1.82) is 0 Å². The Morgan fingerprint density at radius 2 is 2.03 bits per heavy atom. The van der Waals surface area contributed by atoms with Crippen LogP contribution in [0.3, 0.4) is 0 Å². The highest BCUT2D eigenvalue weighted by atomic mass is 19.1. The Balaban J connectivity index is 1.66. The molecule has 33 heavy (non-hydrogen) atoms. The predicted octanol–water partition coefficient (Wildman–Crippen LogP) is 2.37. The van der Waals surface area contributed by atoms with Gasteiger partial charge in [-0.25, -0.2) is 4.39 Å². The van der Waals surface area contributed by atoms with Gasteiger partial charge in [-0.05, 0) is 36.2 Å². The van der Waals surface area contributed by atoms with Gasteiger partial charge in [0, 0.05) is 44.1 Å². The molecule has 0 spiro atoms.